The molecule has 4 heteroatoms. The van der Waals surface area contributed by atoms with E-state index in [1.54, 1.807) is 0 Å². The van der Waals surface area contributed by atoms with Gasteiger partial charge < -0.3 is 0 Å². The molecule has 0 spiro atoms. The number of nitrogens with one attached hydrogen (secondary N) is 1. The fraction of sp³-hybridized carbons (Fsp3) is 0.478. The van der Waals surface area contributed by atoms with Gasteiger partial charge in [-0.1, -0.05) is 67.3 Å². The van der Waals surface area contributed by atoms with Gasteiger partial charge in [-0.05, 0) is 68.4 Å². The monoisotopic (exact) mass is 403 g/mol. The highest BCUT2D eigenvalue weighted by Crippen LogP contribution is 2.39. The first kappa shape index (κ1) is 20.6. The third kappa shape index (κ3) is 5.22. The van der Waals surface area contributed by atoms with E-state index in [1.807, 2.05) is 32.9 Å². The second kappa shape index (κ2) is 8.89. The summed E-state index contributed by atoms with van der Waals surface area (Å²) in [6.07, 6.45) is 6.20. The minimum absolute atomic E-state index is 0.0947. The lowest BCUT2D eigenvalue weighted by Crippen LogP contribution is -2.39. The molecule has 1 fully saturated rings. The maximum atomic E-state index is 13.0. The van der Waals surface area contributed by atoms with E-state index >= 15 is 0 Å². The highest BCUT2D eigenvalue weighted by atomic mass is 35.5. The molecule has 0 aliphatic heterocycles. The van der Waals surface area contributed by atoms with Crippen molar-refractivity contribution in [3.8, 4) is 11.1 Å². The van der Waals surface area contributed by atoms with Crippen LogP contribution >= 0.6 is 11.6 Å². The SMILES string of the molecule is CC(C)(C)S(=O)N[C@@H](c1ccccc1-c1ccc(Cl)cc1)C1CCCCC1. The molecule has 0 amide bonds. The molecule has 0 saturated heterocycles. The van der Waals surface area contributed by atoms with Gasteiger partial charge in [-0.25, -0.2) is 8.93 Å². The molecule has 2 aromatic carbocycles. The molecule has 1 aliphatic rings. The number of hydrogen-bond donors (Lipinski definition) is 1. The maximum Gasteiger partial charge on any atom is 0.0976 e. The quantitative estimate of drug-likeness (QED) is 0.592. The van der Waals surface area contributed by atoms with E-state index in [0.717, 1.165) is 10.6 Å². The number of hydrogen-bond acceptors (Lipinski definition) is 1. The zero-order chi connectivity index (χ0) is 19.4. The molecule has 0 bridgehead atoms. The van der Waals surface area contributed by atoms with Crippen LogP contribution in [0.15, 0.2) is 48.5 Å². The first-order chi connectivity index (χ1) is 12.9. The van der Waals surface area contributed by atoms with Crippen molar-refractivity contribution in [2.24, 2.45) is 5.92 Å². The zero-order valence-electron chi connectivity index (χ0n) is 16.5. The third-order valence-electron chi connectivity index (χ3n) is 5.36. The Morgan fingerprint density at radius 1 is 1.00 bits per heavy atom. The zero-order valence-corrected chi connectivity index (χ0v) is 18.1. The Morgan fingerprint density at radius 3 is 2.26 bits per heavy atom. The molecule has 1 saturated carbocycles. The molecule has 2 nitrogen and oxygen atoms in total. The smallest absolute Gasteiger partial charge is 0.0976 e. The second-order valence-corrected chi connectivity index (χ2v) is 10.9. The van der Waals surface area contributed by atoms with Gasteiger partial charge in [0.2, 0.25) is 0 Å². The lowest BCUT2D eigenvalue weighted by Gasteiger charge is -2.34. The first-order valence-electron chi connectivity index (χ1n) is 9.89. The van der Waals surface area contributed by atoms with E-state index < -0.39 is 11.0 Å². The maximum absolute atomic E-state index is 13.0. The van der Waals surface area contributed by atoms with Crippen LogP contribution < -0.4 is 4.72 Å². The van der Waals surface area contributed by atoms with E-state index in [9.17, 15) is 4.21 Å². The van der Waals surface area contributed by atoms with Crippen molar-refractivity contribution < 1.29 is 4.21 Å². The highest BCUT2D eigenvalue weighted by Gasteiger charge is 2.31. The average Bonchev–Trinajstić information content (AvgIpc) is 2.66. The standard InChI is InChI=1S/C23H30ClNOS/c1-23(2,3)27(26)25-22(18-9-5-4-6-10-18)21-12-8-7-11-20(21)17-13-15-19(24)16-14-17/h7-8,11-16,18,22,25H,4-6,9-10H2,1-3H3/t22-,27?/m1/s1. The molecule has 2 aromatic rings. The molecule has 2 atom stereocenters. The summed E-state index contributed by atoms with van der Waals surface area (Å²) < 4.78 is 16.2. The lowest BCUT2D eigenvalue weighted by atomic mass is 9.80. The van der Waals surface area contributed by atoms with E-state index in [4.69, 9.17) is 11.6 Å². The third-order valence-corrected chi connectivity index (χ3v) is 7.19. The van der Waals surface area contributed by atoms with Crippen LogP contribution in [0.4, 0.5) is 0 Å². The van der Waals surface area contributed by atoms with Crippen LogP contribution in [-0.4, -0.2) is 8.96 Å². The van der Waals surface area contributed by atoms with E-state index in [-0.39, 0.29) is 10.8 Å². The van der Waals surface area contributed by atoms with Crippen molar-refractivity contribution in [2.45, 2.75) is 63.7 Å². The molecule has 1 aliphatic carbocycles. The van der Waals surface area contributed by atoms with Crippen LogP contribution in [-0.2, 0) is 11.0 Å². The Hall–Kier alpha value is -1.16. The van der Waals surface area contributed by atoms with Gasteiger partial charge in [-0.15, -0.1) is 0 Å². The van der Waals surface area contributed by atoms with Crippen molar-refractivity contribution >= 4 is 22.6 Å². The van der Waals surface area contributed by atoms with Crippen LogP contribution in [0.5, 0.6) is 0 Å². The normalized spacial score (nSPS) is 18.2. The molecular weight excluding hydrogens is 374 g/mol. The van der Waals surface area contributed by atoms with E-state index in [0.29, 0.717) is 5.92 Å². The van der Waals surface area contributed by atoms with Crippen LogP contribution in [0.2, 0.25) is 5.02 Å². The first-order valence-corrected chi connectivity index (χ1v) is 11.4. The van der Waals surface area contributed by atoms with Gasteiger partial charge in [0.05, 0.1) is 15.7 Å². The Bertz CT molecular complexity index is 776. The van der Waals surface area contributed by atoms with Gasteiger partial charge in [0.25, 0.3) is 0 Å². The average molecular weight is 404 g/mol. The fourth-order valence-corrected chi connectivity index (χ4v) is 4.86. The molecule has 0 aromatic heterocycles. The van der Waals surface area contributed by atoms with Gasteiger partial charge in [0.1, 0.15) is 0 Å². The molecule has 0 radical (unpaired) electrons. The summed E-state index contributed by atoms with van der Waals surface area (Å²) in [7, 11) is -1.11. The summed E-state index contributed by atoms with van der Waals surface area (Å²) in [5.41, 5.74) is 3.59. The molecule has 0 heterocycles. The van der Waals surface area contributed by atoms with Crippen LogP contribution in [0.3, 0.4) is 0 Å². The molecule has 3 rings (SSSR count). The Kier molecular flexibility index (Phi) is 6.78. The van der Waals surface area contributed by atoms with Crippen molar-refractivity contribution in [3.05, 3.63) is 59.1 Å². The topological polar surface area (TPSA) is 29.1 Å². The Morgan fingerprint density at radius 2 is 1.63 bits per heavy atom. The summed E-state index contributed by atoms with van der Waals surface area (Å²) in [5, 5.41) is 0.743. The molecule has 27 heavy (non-hydrogen) atoms. The van der Waals surface area contributed by atoms with Crippen molar-refractivity contribution in [3.63, 3.8) is 0 Å². The van der Waals surface area contributed by atoms with Crippen molar-refractivity contribution in [1.82, 2.24) is 4.72 Å². The number of halogens is 1. The van der Waals surface area contributed by atoms with Crippen molar-refractivity contribution in [1.29, 1.82) is 0 Å². The number of rotatable bonds is 5. The Labute approximate surface area is 171 Å². The fourth-order valence-electron chi connectivity index (χ4n) is 3.83. The van der Waals surface area contributed by atoms with Crippen LogP contribution in [0.1, 0.15) is 64.5 Å². The summed E-state index contributed by atoms with van der Waals surface area (Å²) in [5.74, 6) is 0.513. The molecule has 146 valence electrons. The van der Waals surface area contributed by atoms with E-state index in [2.05, 4.69) is 41.1 Å². The predicted molar refractivity (Wildman–Crippen MR) is 117 cm³/mol. The van der Waals surface area contributed by atoms with Crippen molar-refractivity contribution in [2.75, 3.05) is 0 Å². The minimum atomic E-state index is -1.11. The second-order valence-electron chi connectivity index (χ2n) is 8.47. The lowest BCUT2D eigenvalue weighted by molar-refractivity contribution is 0.295. The molecule has 1 N–H and O–H groups in total. The minimum Gasteiger partial charge on any atom is -0.242 e. The highest BCUT2D eigenvalue weighted by molar-refractivity contribution is 7.84. The van der Waals surface area contributed by atoms with E-state index in [1.165, 1.54) is 43.2 Å². The largest absolute Gasteiger partial charge is 0.242 e. The number of benzene rings is 2. The molecule has 1 unspecified atom stereocenters. The summed E-state index contributed by atoms with van der Waals surface area (Å²) in [6, 6.07) is 16.6. The predicted octanol–water partition coefficient (Wildman–Crippen LogP) is 6.68. The van der Waals surface area contributed by atoms with Crippen LogP contribution in [0.25, 0.3) is 11.1 Å². The summed E-state index contributed by atoms with van der Waals surface area (Å²) >= 11 is 6.09. The van der Waals surface area contributed by atoms with Gasteiger partial charge >= 0.3 is 0 Å². The van der Waals surface area contributed by atoms with Crippen LogP contribution in [0, 0.1) is 5.92 Å². The van der Waals surface area contributed by atoms with Gasteiger partial charge in [-0.2, -0.15) is 0 Å². The van der Waals surface area contributed by atoms with Gasteiger partial charge in [0, 0.05) is 11.1 Å². The summed E-state index contributed by atoms with van der Waals surface area (Å²) in [4.78, 5) is 0. The Balaban J connectivity index is 2.01. The summed E-state index contributed by atoms with van der Waals surface area (Å²) in [6.45, 7) is 6.08. The van der Waals surface area contributed by atoms with Gasteiger partial charge in [0.15, 0.2) is 0 Å². The molecular formula is C23H30ClNOS. The van der Waals surface area contributed by atoms with Gasteiger partial charge in [-0.3, -0.25) is 0 Å².